The van der Waals surface area contributed by atoms with Crippen LogP contribution in [0.4, 0.5) is 0 Å². The molecule has 1 aromatic carbocycles. The predicted molar refractivity (Wildman–Crippen MR) is 94.4 cm³/mol. The zero-order valence-corrected chi connectivity index (χ0v) is 14.9. The van der Waals surface area contributed by atoms with Crippen LogP contribution >= 0.6 is 12.4 Å². The Hall–Kier alpha value is -0.570. The van der Waals surface area contributed by atoms with Crippen molar-refractivity contribution in [2.24, 2.45) is 5.92 Å². The number of hydrogen-bond donors (Lipinski definition) is 1. The van der Waals surface area contributed by atoms with E-state index < -0.39 is 0 Å². The lowest BCUT2D eigenvalue weighted by atomic mass is 9.95. The molecule has 1 aliphatic heterocycles. The van der Waals surface area contributed by atoms with Crippen molar-refractivity contribution in [3.05, 3.63) is 34.4 Å². The van der Waals surface area contributed by atoms with Crippen LogP contribution in [0.1, 0.15) is 42.0 Å². The van der Waals surface area contributed by atoms with Gasteiger partial charge in [-0.1, -0.05) is 19.1 Å². The van der Waals surface area contributed by atoms with Crippen molar-refractivity contribution < 1.29 is 0 Å². The minimum absolute atomic E-state index is 0. The van der Waals surface area contributed by atoms with Gasteiger partial charge in [0.2, 0.25) is 0 Å². The summed E-state index contributed by atoms with van der Waals surface area (Å²) in [5.74, 6) is 0.882. The average molecular weight is 311 g/mol. The second-order valence-electron chi connectivity index (χ2n) is 6.39. The second-order valence-corrected chi connectivity index (χ2v) is 6.39. The first-order chi connectivity index (χ1) is 9.60. The fourth-order valence-electron chi connectivity index (χ4n) is 3.13. The lowest BCUT2D eigenvalue weighted by Gasteiger charge is -2.32. The number of likely N-dealkylation sites (tertiary alicyclic amines) is 1. The Kier molecular flexibility index (Phi) is 7.72. The number of aryl methyl sites for hydroxylation is 3. The van der Waals surface area contributed by atoms with Crippen molar-refractivity contribution in [1.82, 2.24) is 10.2 Å². The molecule has 0 saturated carbocycles. The van der Waals surface area contributed by atoms with Gasteiger partial charge in [0.05, 0.1) is 0 Å². The van der Waals surface area contributed by atoms with Gasteiger partial charge in [-0.05, 0) is 88.0 Å². The molecule has 0 bridgehead atoms. The van der Waals surface area contributed by atoms with E-state index in [0.717, 1.165) is 19.0 Å². The van der Waals surface area contributed by atoms with Gasteiger partial charge in [0.1, 0.15) is 0 Å². The van der Waals surface area contributed by atoms with E-state index in [1.165, 1.54) is 54.7 Å². The molecule has 1 N–H and O–H groups in total. The van der Waals surface area contributed by atoms with Gasteiger partial charge in [0, 0.05) is 6.54 Å². The molecule has 3 heteroatoms. The van der Waals surface area contributed by atoms with E-state index >= 15 is 0 Å². The highest BCUT2D eigenvalue weighted by Gasteiger charge is 2.19. The molecule has 1 heterocycles. The van der Waals surface area contributed by atoms with E-state index in [1.54, 1.807) is 0 Å². The fourth-order valence-corrected chi connectivity index (χ4v) is 3.13. The molecule has 0 aromatic heterocycles. The quantitative estimate of drug-likeness (QED) is 0.888. The van der Waals surface area contributed by atoms with Crippen LogP contribution in [0.25, 0.3) is 0 Å². The number of nitrogens with one attached hydrogen (secondary N) is 1. The largest absolute Gasteiger partial charge is 0.317 e. The molecule has 0 amide bonds. The third kappa shape index (κ3) is 5.28. The highest BCUT2D eigenvalue weighted by Crippen LogP contribution is 2.21. The van der Waals surface area contributed by atoms with Crippen LogP contribution in [-0.4, -0.2) is 31.1 Å². The number of halogens is 1. The van der Waals surface area contributed by atoms with E-state index in [1.807, 2.05) is 0 Å². The van der Waals surface area contributed by atoms with Crippen LogP contribution in [-0.2, 0) is 6.54 Å². The summed E-state index contributed by atoms with van der Waals surface area (Å²) in [7, 11) is 0. The van der Waals surface area contributed by atoms with Gasteiger partial charge in [-0.15, -0.1) is 12.4 Å². The van der Waals surface area contributed by atoms with Crippen molar-refractivity contribution >= 4 is 12.4 Å². The molecular formula is C18H31ClN2. The van der Waals surface area contributed by atoms with E-state index in [9.17, 15) is 0 Å². The minimum Gasteiger partial charge on any atom is -0.317 e. The molecule has 1 fully saturated rings. The predicted octanol–water partition coefficient (Wildman–Crippen LogP) is 3.86. The summed E-state index contributed by atoms with van der Waals surface area (Å²) in [6, 6.07) is 4.72. The highest BCUT2D eigenvalue weighted by molar-refractivity contribution is 5.85. The maximum atomic E-state index is 3.49. The van der Waals surface area contributed by atoms with Gasteiger partial charge in [0.25, 0.3) is 0 Å². The van der Waals surface area contributed by atoms with Gasteiger partial charge in [-0.3, -0.25) is 4.90 Å². The summed E-state index contributed by atoms with van der Waals surface area (Å²) in [5.41, 5.74) is 5.80. The van der Waals surface area contributed by atoms with Crippen LogP contribution in [0.15, 0.2) is 12.1 Å². The normalized spacial score (nSPS) is 16.8. The molecule has 2 nitrogen and oxygen atoms in total. The molecular weight excluding hydrogens is 280 g/mol. The van der Waals surface area contributed by atoms with Crippen molar-refractivity contribution in [1.29, 1.82) is 0 Å². The van der Waals surface area contributed by atoms with Gasteiger partial charge < -0.3 is 5.32 Å². The Balaban J connectivity index is 0.00000220. The van der Waals surface area contributed by atoms with Crippen LogP contribution in [0.5, 0.6) is 0 Å². The van der Waals surface area contributed by atoms with Gasteiger partial charge >= 0.3 is 0 Å². The number of nitrogens with zero attached hydrogens (tertiary/aromatic N) is 1. The molecule has 1 aromatic rings. The van der Waals surface area contributed by atoms with Gasteiger partial charge in [-0.2, -0.15) is 0 Å². The van der Waals surface area contributed by atoms with E-state index in [-0.39, 0.29) is 12.4 Å². The standard InChI is InChI=1S/C18H30N2.ClH/c1-5-19-12-17-6-8-20(9-7-17)13-18-11-15(3)14(2)10-16(18)4;/h10-11,17,19H,5-9,12-13H2,1-4H3;1H. The molecule has 1 saturated heterocycles. The summed E-state index contributed by atoms with van der Waals surface area (Å²) < 4.78 is 0. The second kappa shape index (κ2) is 8.77. The molecule has 21 heavy (non-hydrogen) atoms. The minimum atomic E-state index is 0. The van der Waals surface area contributed by atoms with Crippen LogP contribution < -0.4 is 5.32 Å². The Morgan fingerprint density at radius 3 is 2.29 bits per heavy atom. The zero-order valence-electron chi connectivity index (χ0n) is 14.0. The first kappa shape index (κ1) is 18.5. The van der Waals surface area contributed by atoms with E-state index in [2.05, 4.69) is 50.0 Å². The van der Waals surface area contributed by atoms with Crippen LogP contribution in [0, 0.1) is 26.7 Å². The topological polar surface area (TPSA) is 15.3 Å². The van der Waals surface area contributed by atoms with Gasteiger partial charge in [-0.25, -0.2) is 0 Å². The van der Waals surface area contributed by atoms with Crippen LogP contribution in [0.3, 0.4) is 0 Å². The average Bonchev–Trinajstić information content (AvgIpc) is 2.44. The molecule has 0 spiro atoms. The number of benzene rings is 1. The Labute approximate surface area is 136 Å². The van der Waals surface area contributed by atoms with Gasteiger partial charge in [0.15, 0.2) is 0 Å². The summed E-state index contributed by atoms with van der Waals surface area (Å²) in [6.45, 7) is 14.8. The lowest BCUT2D eigenvalue weighted by Crippen LogP contribution is -2.37. The summed E-state index contributed by atoms with van der Waals surface area (Å²) in [5, 5.41) is 3.49. The smallest absolute Gasteiger partial charge is 0.0236 e. The Morgan fingerprint density at radius 2 is 1.67 bits per heavy atom. The summed E-state index contributed by atoms with van der Waals surface area (Å²) >= 11 is 0. The number of rotatable bonds is 5. The molecule has 120 valence electrons. The highest BCUT2D eigenvalue weighted by atomic mass is 35.5. The lowest BCUT2D eigenvalue weighted by molar-refractivity contribution is 0.175. The van der Waals surface area contributed by atoms with Crippen molar-refractivity contribution in [2.45, 2.75) is 47.1 Å². The number of hydrogen-bond acceptors (Lipinski definition) is 2. The third-order valence-electron chi connectivity index (χ3n) is 4.74. The Morgan fingerprint density at radius 1 is 1.05 bits per heavy atom. The molecule has 0 unspecified atom stereocenters. The van der Waals surface area contributed by atoms with Crippen molar-refractivity contribution in [3.8, 4) is 0 Å². The SMILES string of the molecule is CCNCC1CCN(Cc2cc(C)c(C)cc2C)CC1.Cl. The molecule has 0 atom stereocenters. The molecule has 1 aliphatic rings. The fraction of sp³-hybridized carbons (Fsp3) is 0.667. The van der Waals surface area contributed by atoms with Crippen molar-refractivity contribution in [2.75, 3.05) is 26.2 Å². The van der Waals surface area contributed by atoms with Crippen LogP contribution in [0.2, 0.25) is 0 Å². The van der Waals surface area contributed by atoms with E-state index in [4.69, 9.17) is 0 Å². The maximum Gasteiger partial charge on any atom is 0.0236 e. The maximum absolute atomic E-state index is 3.49. The molecule has 0 aliphatic carbocycles. The first-order valence-electron chi connectivity index (χ1n) is 8.10. The summed E-state index contributed by atoms with van der Waals surface area (Å²) in [6.07, 6.45) is 2.69. The molecule has 2 rings (SSSR count). The zero-order chi connectivity index (χ0) is 14.5. The summed E-state index contributed by atoms with van der Waals surface area (Å²) in [4.78, 5) is 2.62. The Bertz CT molecular complexity index is 437. The third-order valence-corrected chi connectivity index (χ3v) is 4.74. The van der Waals surface area contributed by atoms with E-state index in [0.29, 0.717) is 0 Å². The molecule has 0 radical (unpaired) electrons. The van der Waals surface area contributed by atoms with Crippen molar-refractivity contribution in [3.63, 3.8) is 0 Å². The first-order valence-corrected chi connectivity index (χ1v) is 8.10. The number of piperidine rings is 1. The monoisotopic (exact) mass is 310 g/mol.